The summed E-state index contributed by atoms with van der Waals surface area (Å²) in [5, 5.41) is 3.71. The van der Waals surface area contributed by atoms with Gasteiger partial charge in [0, 0.05) is 29.5 Å². The molecule has 4 nitrogen and oxygen atoms in total. The van der Waals surface area contributed by atoms with Crippen molar-refractivity contribution < 1.29 is 4.79 Å². The van der Waals surface area contributed by atoms with Crippen LogP contribution in [0.4, 0.5) is 0 Å². The van der Waals surface area contributed by atoms with Gasteiger partial charge >= 0.3 is 0 Å². The van der Waals surface area contributed by atoms with Crippen molar-refractivity contribution in [1.82, 2.24) is 16.2 Å². The highest BCUT2D eigenvalue weighted by atomic mass is 16.1. The van der Waals surface area contributed by atoms with Gasteiger partial charge in [0.05, 0.1) is 12.2 Å². The molecule has 4 heteroatoms. The Bertz CT molecular complexity index is 977. The molecule has 2 aromatic rings. The summed E-state index contributed by atoms with van der Waals surface area (Å²) in [6, 6.07) is 19.6. The van der Waals surface area contributed by atoms with Crippen LogP contribution >= 0.6 is 0 Å². The molecule has 4 atom stereocenters. The van der Waals surface area contributed by atoms with E-state index in [0.717, 1.165) is 24.1 Å². The van der Waals surface area contributed by atoms with E-state index in [1.807, 2.05) is 0 Å². The number of hydrogen-bond donors (Lipinski definition) is 3. The number of aryl methyl sites for hydroxylation is 1. The maximum absolute atomic E-state index is 13.4. The fourth-order valence-electron chi connectivity index (χ4n) is 5.60. The minimum Gasteiger partial charge on any atom is -0.371 e. The van der Waals surface area contributed by atoms with E-state index in [9.17, 15) is 4.79 Å². The highest BCUT2D eigenvalue weighted by Crippen LogP contribution is 2.51. The van der Waals surface area contributed by atoms with E-state index in [0.29, 0.717) is 12.2 Å². The highest BCUT2D eigenvalue weighted by molar-refractivity contribution is 5.99. The average molecular weight is 402 g/mol. The van der Waals surface area contributed by atoms with E-state index in [-0.39, 0.29) is 29.5 Å². The molecule has 2 heterocycles. The van der Waals surface area contributed by atoms with Crippen molar-refractivity contribution >= 4 is 5.78 Å². The number of ketones is 1. The second kappa shape index (κ2) is 7.36. The average Bonchev–Trinajstić information content (AvgIpc) is 3.15. The zero-order chi connectivity index (χ0) is 20.9. The molecule has 0 spiro atoms. The molecule has 1 saturated heterocycles. The first-order valence-electron chi connectivity index (χ1n) is 11.1. The number of carbonyl (C=O) groups excluding carboxylic acids is 1. The molecule has 30 heavy (non-hydrogen) atoms. The summed E-state index contributed by atoms with van der Waals surface area (Å²) in [4.78, 5) is 13.4. The van der Waals surface area contributed by atoms with Crippen molar-refractivity contribution in [3.05, 3.63) is 82.6 Å². The third-order valence-corrected chi connectivity index (χ3v) is 7.02. The fraction of sp³-hybridized carbons (Fsp3) is 0.423. The minimum absolute atomic E-state index is 0.00158. The van der Waals surface area contributed by atoms with Crippen LogP contribution in [0.15, 0.2) is 65.9 Å². The molecule has 5 rings (SSSR count). The Morgan fingerprint density at radius 3 is 2.37 bits per heavy atom. The van der Waals surface area contributed by atoms with Gasteiger partial charge in [0.15, 0.2) is 5.78 Å². The number of Topliss-reactive ketones (excluding diaryl/α,β-unsaturated/α-hetero) is 1. The van der Waals surface area contributed by atoms with Gasteiger partial charge in [-0.3, -0.25) is 4.79 Å². The molecule has 3 N–H and O–H groups in total. The lowest BCUT2D eigenvalue weighted by Gasteiger charge is -2.44. The maximum atomic E-state index is 13.4. The lowest BCUT2D eigenvalue weighted by molar-refractivity contribution is -0.118. The van der Waals surface area contributed by atoms with Gasteiger partial charge in [-0.2, -0.15) is 0 Å². The standard InChI is InChI=1S/C26H31N3O/c1-4-16-10-12-18(13-11-16)24-23-21(17-8-6-5-7-9-17)22-19(27-25(23)29-28-24)14-26(2,3)15-20(22)30/h5-13,21,23-25,27-29H,4,14-15H2,1-3H3. The fourth-order valence-corrected chi connectivity index (χ4v) is 5.60. The molecule has 0 radical (unpaired) electrons. The molecule has 156 valence electrons. The van der Waals surface area contributed by atoms with E-state index in [2.05, 4.69) is 91.5 Å². The summed E-state index contributed by atoms with van der Waals surface area (Å²) < 4.78 is 0. The van der Waals surface area contributed by atoms with Gasteiger partial charge in [0.2, 0.25) is 0 Å². The number of benzene rings is 2. The zero-order valence-corrected chi connectivity index (χ0v) is 18.0. The lowest BCUT2D eigenvalue weighted by atomic mass is 9.65. The predicted molar refractivity (Wildman–Crippen MR) is 119 cm³/mol. The van der Waals surface area contributed by atoms with E-state index in [1.165, 1.54) is 16.7 Å². The summed E-state index contributed by atoms with van der Waals surface area (Å²) in [6.07, 6.45) is 2.66. The molecule has 3 aliphatic rings. The van der Waals surface area contributed by atoms with Gasteiger partial charge in [0.1, 0.15) is 0 Å². The number of fused-ring (bicyclic) bond motifs is 1. The first kappa shape index (κ1) is 19.5. The summed E-state index contributed by atoms with van der Waals surface area (Å²) >= 11 is 0. The van der Waals surface area contributed by atoms with Gasteiger partial charge in [0.25, 0.3) is 0 Å². The van der Waals surface area contributed by atoms with Crippen LogP contribution in [0.1, 0.15) is 62.3 Å². The molecule has 2 aliphatic heterocycles. The largest absolute Gasteiger partial charge is 0.371 e. The number of hydrogen-bond acceptors (Lipinski definition) is 4. The Morgan fingerprint density at radius 1 is 0.933 bits per heavy atom. The molecular formula is C26H31N3O. The summed E-state index contributed by atoms with van der Waals surface area (Å²) in [6.45, 7) is 6.57. The number of carbonyl (C=O) groups is 1. The summed E-state index contributed by atoms with van der Waals surface area (Å²) in [5.74, 6) is 0.589. The topological polar surface area (TPSA) is 53.2 Å². The Labute approximate surface area is 179 Å². The summed E-state index contributed by atoms with van der Waals surface area (Å²) in [5.41, 5.74) is 13.0. The molecule has 0 bridgehead atoms. The van der Waals surface area contributed by atoms with Crippen molar-refractivity contribution in [3.8, 4) is 0 Å². The van der Waals surface area contributed by atoms with Gasteiger partial charge in [-0.1, -0.05) is 75.4 Å². The second-order valence-corrected chi connectivity index (χ2v) is 9.78. The van der Waals surface area contributed by atoms with Crippen LogP contribution < -0.4 is 16.2 Å². The SMILES string of the molecule is CCc1ccc(C2NNC3NC4=C(C(=O)CC(C)(C)C4)C(c4ccccc4)C32)cc1. The van der Waals surface area contributed by atoms with Crippen LogP contribution in [0.5, 0.6) is 0 Å². The van der Waals surface area contributed by atoms with Gasteiger partial charge in [-0.25, -0.2) is 10.9 Å². The van der Waals surface area contributed by atoms with Crippen LogP contribution in [-0.4, -0.2) is 11.9 Å². The molecule has 2 aromatic carbocycles. The van der Waals surface area contributed by atoms with E-state index >= 15 is 0 Å². The number of rotatable bonds is 3. The third-order valence-electron chi connectivity index (χ3n) is 7.02. The Balaban J connectivity index is 1.61. The van der Waals surface area contributed by atoms with Crippen LogP contribution in [0.3, 0.4) is 0 Å². The summed E-state index contributed by atoms with van der Waals surface area (Å²) in [7, 11) is 0. The lowest BCUT2D eigenvalue weighted by Crippen LogP contribution is -2.51. The third kappa shape index (κ3) is 3.28. The molecule has 1 fully saturated rings. The van der Waals surface area contributed by atoms with Crippen molar-refractivity contribution in [3.63, 3.8) is 0 Å². The quantitative estimate of drug-likeness (QED) is 0.715. The predicted octanol–water partition coefficient (Wildman–Crippen LogP) is 4.37. The first-order valence-corrected chi connectivity index (χ1v) is 11.1. The molecular weight excluding hydrogens is 370 g/mol. The highest BCUT2D eigenvalue weighted by Gasteiger charge is 2.51. The van der Waals surface area contributed by atoms with Crippen molar-refractivity contribution in [1.29, 1.82) is 0 Å². The van der Waals surface area contributed by atoms with Gasteiger partial charge < -0.3 is 5.32 Å². The van der Waals surface area contributed by atoms with Gasteiger partial charge in [-0.05, 0) is 34.9 Å². The van der Waals surface area contributed by atoms with Crippen molar-refractivity contribution in [2.75, 3.05) is 0 Å². The van der Waals surface area contributed by atoms with Crippen LogP contribution in [0, 0.1) is 11.3 Å². The first-order chi connectivity index (χ1) is 14.5. The van der Waals surface area contributed by atoms with Crippen LogP contribution in [-0.2, 0) is 11.2 Å². The molecule has 1 aliphatic carbocycles. The van der Waals surface area contributed by atoms with Crippen LogP contribution in [0.25, 0.3) is 0 Å². The van der Waals surface area contributed by atoms with Crippen molar-refractivity contribution in [2.45, 2.75) is 58.2 Å². The molecule has 0 saturated carbocycles. The van der Waals surface area contributed by atoms with E-state index in [1.54, 1.807) is 0 Å². The Hall–Kier alpha value is -2.43. The Morgan fingerprint density at radius 2 is 1.67 bits per heavy atom. The maximum Gasteiger partial charge on any atom is 0.161 e. The Kier molecular flexibility index (Phi) is 4.79. The van der Waals surface area contributed by atoms with Crippen LogP contribution in [0.2, 0.25) is 0 Å². The van der Waals surface area contributed by atoms with E-state index in [4.69, 9.17) is 0 Å². The number of allylic oxidation sites excluding steroid dienone is 2. The number of hydrazine groups is 1. The van der Waals surface area contributed by atoms with Gasteiger partial charge in [-0.15, -0.1) is 0 Å². The van der Waals surface area contributed by atoms with Crippen molar-refractivity contribution in [2.24, 2.45) is 11.3 Å². The molecule has 0 aromatic heterocycles. The zero-order valence-electron chi connectivity index (χ0n) is 18.0. The smallest absolute Gasteiger partial charge is 0.161 e. The normalized spacial score (nSPS) is 29.9. The second-order valence-electron chi connectivity index (χ2n) is 9.78. The van der Waals surface area contributed by atoms with E-state index < -0.39 is 0 Å². The monoisotopic (exact) mass is 401 g/mol. The molecule has 0 amide bonds. The minimum atomic E-state index is -0.00158. The number of nitrogens with one attached hydrogen (secondary N) is 3. The molecule has 4 unspecified atom stereocenters.